The molecule has 0 aliphatic heterocycles. The van der Waals surface area contributed by atoms with Gasteiger partial charge in [-0.2, -0.15) is 0 Å². The van der Waals surface area contributed by atoms with E-state index in [9.17, 15) is 19.0 Å². The second kappa shape index (κ2) is 37.8. The van der Waals surface area contributed by atoms with E-state index < -0.39 is 32.5 Å². The SMILES string of the molecule is CCCCC/C=C/C/C=C/CCCCCCCCCCCC(=O)O[C@H](COC(=O)CCCCCCC/C=C/CCCCC)COP(=O)([O-])OCC[N+](C)(C)C. The number of rotatable bonds is 40. The highest BCUT2D eigenvalue weighted by Gasteiger charge is 2.21. The van der Waals surface area contributed by atoms with Crippen molar-refractivity contribution in [2.75, 3.05) is 47.5 Å². The average Bonchev–Trinajstić information content (AvgIpc) is 3.13. The summed E-state index contributed by atoms with van der Waals surface area (Å²) in [7, 11) is 1.16. The number of esters is 2. The maximum atomic E-state index is 12.7. The summed E-state index contributed by atoms with van der Waals surface area (Å²) in [5.41, 5.74) is 0. The molecular formula is C45H84NO8P. The van der Waals surface area contributed by atoms with Gasteiger partial charge in [-0.05, 0) is 70.6 Å². The third-order valence-electron chi connectivity index (χ3n) is 9.38. The minimum absolute atomic E-state index is 0.0331. The van der Waals surface area contributed by atoms with Gasteiger partial charge in [-0.15, -0.1) is 0 Å². The van der Waals surface area contributed by atoms with Gasteiger partial charge in [0.05, 0.1) is 27.7 Å². The molecule has 0 saturated carbocycles. The van der Waals surface area contributed by atoms with Gasteiger partial charge in [-0.3, -0.25) is 14.2 Å². The zero-order valence-corrected chi connectivity index (χ0v) is 37.0. The largest absolute Gasteiger partial charge is 0.756 e. The lowest BCUT2D eigenvalue weighted by Crippen LogP contribution is -2.37. The number of phosphoric ester groups is 1. The molecule has 0 amide bonds. The Hall–Kier alpha value is -1.77. The summed E-state index contributed by atoms with van der Waals surface area (Å²) >= 11 is 0. The van der Waals surface area contributed by atoms with Gasteiger partial charge in [-0.1, -0.05) is 140 Å². The monoisotopic (exact) mass is 798 g/mol. The van der Waals surface area contributed by atoms with Crippen LogP contribution in [0.3, 0.4) is 0 Å². The zero-order valence-electron chi connectivity index (χ0n) is 36.1. The van der Waals surface area contributed by atoms with Gasteiger partial charge >= 0.3 is 11.9 Å². The molecule has 0 bridgehead atoms. The van der Waals surface area contributed by atoms with Crippen molar-refractivity contribution in [3.8, 4) is 0 Å². The standard InChI is InChI=1S/C45H84NO8P/c1-6-8-10-12-14-16-18-20-21-22-23-24-25-26-28-30-32-34-36-38-45(48)54-43(42-53-55(49,50)52-40-39-46(3,4)5)41-51-44(47)37-35-33-31-29-27-19-17-15-13-11-9-7-2/h14-17,20-21,43H,6-13,18-19,22-42H2,1-5H3/b16-14+,17-15+,21-20+/t43-/m1/s1. The molecule has 0 radical (unpaired) electrons. The van der Waals surface area contributed by atoms with Crippen molar-refractivity contribution in [1.29, 1.82) is 0 Å². The first-order chi connectivity index (χ1) is 26.5. The summed E-state index contributed by atoms with van der Waals surface area (Å²) in [6.45, 7) is 4.16. The van der Waals surface area contributed by atoms with Crippen LogP contribution >= 0.6 is 7.82 Å². The Balaban J connectivity index is 4.34. The smallest absolute Gasteiger partial charge is 0.306 e. The van der Waals surface area contributed by atoms with E-state index in [1.165, 1.54) is 83.5 Å². The zero-order chi connectivity index (χ0) is 40.7. The molecule has 1 unspecified atom stereocenters. The lowest BCUT2D eigenvalue weighted by atomic mass is 10.1. The Labute approximate surface area is 338 Å². The number of hydrogen-bond acceptors (Lipinski definition) is 8. The predicted octanol–water partition coefficient (Wildman–Crippen LogP) is 11.9. The Morgan fingerprint density at radius 2 is 0.982 bits per heavy atom. The van der Waals surface area contributed by atoms with Crippen LogP contribution in [0.15, 0.2) is 36.5 Å². The Morgan fingerprint density at radius 3 is 1.45 bits per heavy atom. The predicted molar refractivity (Wildman–Crippen MR) is 227 cm³/mol. The van der Waals surface area contributed by atoms with Crippen LogP contribution in [-0.4, -0.2) is 70.0 Å². The molecule has 322 valence electrons. The highest BCUT2D eigenvalue weighted by atomic mass is 31.2. The third kappa shape index (κ3) is 41.7. The first-order valence-corrected chi connectivity index (χ1v) is 23.7. The Kier molecular flexibility index (Phi) is 36.6. The van der Waals surface area contributed by atoms with E-state index in [2.05, 4.69) is 50.3 Å². The van der Waals surface area contributed by atoms with Crippen LogP contribution in [0, 0.1) is 0 Å². The van der Waals surface area contributed by atoms with E-state index in [1.807, 2.05) is 21.1 Å². The quantitative estimate of drug-likeness (QED) is 0.0198. The van der Waals surface area contributed by atoms with Crippen LogP contribution in [0.2, 0.25) is 0 Å². The molecule has 55 heavy (non-hydrogen) atoms. The number of likely N-dealkylation sites (N-methyl/N-ethyl adjacent to an activating group) is 1. The lowest BCUT2D eigenvalue weighted by molar-refractivity contribution is -0.870. The summed E-state index contributed by atoms with van der Waals surface area (Å²) in [6.07, 6.45) is 41.6. The molecule has 10 heteroatoms. The van der Waals surface area contributed by atoms with Crippen molar-refractivity contribution in [1.82, 2.24) is 0 Å². The summed E-state index contributed by atoms with van der Waals surface area (Å²) in [6, 6.07) is 0. The molecule has 0 spiro atoms. The lowest BCUT2D eigenvalue weighted by Gasteiger charge is -2.28. The van der Waals surface area contributed by atoms with Crippen LogP contribution in [0.25, 0.3) is 0 Å². The maximum absolute atomic E-state index is 12.7. The summed E-state index contributed by atoms with van der Waals surface area (Å²) in [4.78, 5) is 37.5. The van der Waals surface area contributed by atoms with Crippen LogP contribution in [0.1, 0.15) is 187 Å². The molecular weight excluding hydrogens is 713 g/mol. The van der Waals surface area contributed by atoms with Gasteiger partial charge in [0.15, 0.2) is 6.10 Å². The van der Waals surface area contributed by atoms with Gasteiger partial charge in [0.2, 0.25) is 0 Å². The Bertz CT molecular complexity index is 1040. The van der Waals surface area contributed by atoms with E-state index in [1.54, 1.807) is 0 Å². The van der Waals surface area contributed by atoms with Crippen molar-refractivity contribution in [3.05, 3.63) is 36.5 Å². The molecule has 0 heterocycles. The molecule has 0 rings (SSSR count). The second-order valence-electron chi connectivity index (χ2n) is 16.1. The first kappa shape index (κ1) is 53.2. The topological polar surface area (TPSA) is 111 Å². The highest BCUT2D eigenvalue weighted by Crippen LogP contribution is 2.38. The van der Waals surface area contributed by atoms with E-state index in [4.69, 9.17) is 18.5 Å². The Morgan fingerprint density at radius 1 is 0.564 bits per heavy atom. The van der Waals surface area contributed by atoms with Gasteiger partial charge < -0.3 is 27.9 Å². The highest BCUT2D eigenvalue weighted by molar-refractivity contribution is 7.45. The third-order valence-corrected chi connectivity index (χ3v) is 10.3. The molecule has 0 aromatic carbocycles. The number of unbranched alkanes of at least 4 members (excludes halogenated alkanes) is 20. The number of hydrogen-bond donors (Lipinski definition) is 0. The van der Waals surface area contributed by atoms with E-state index in [-0.39, 0.29) is 26.1 Å². The second-order valence-corrected chi connectivity index (χ2v) is 17.5. The van der Waals surface area contributed by atoms with Crippen molar-refractivity contribution in [3.63, 3.8) is 0 Å². The fourth-order valence-electron chi connectivity index (χ4n) is 5.85. The molecule has 0 aromatic rings. The summed E-state index contributed by atoms with van der Waals surface area (Å²) < 4.78 is 33.9. The molecule has 0 aromatic heterocycles. The van der Waals surface area contributed by atoms with Crippen molar-refractivity contribution < 1.29 is 42.1 Å². The van der Waals surface area contributed by atoms with E-state index in [0.29, 0.717) is 17.4 Å². The summed E-state index contributed by atoms with van der Waals surface area (Å²) in [5, 5.41) is 0. The molecule has 0 aliphatic carbocycles. The number of quaternary nitrogens is 1. The summed E-state index contributed by atoms with van der Waals surface area (Å²) in [5.74, 6) is -0.849. The molecule has 0 N–H and O–H groups in total. The van der Waals surface area contributed by atoms with Gasteiger partial charge in [-0.25, -0.2) is 0 Å². The molecule has 0 fully saturated rings. The number of phosphoric acid groups is 1. The molecule has 2 atom stereocenters. The number of carbonyl (C=O) groups is 2. The van der Waals surface area contributed by atoms with E-state index >= 15 is 0 Å². The first-order valence-electron chi connectivity index (χ1n) is 22.2. The molecule has 0 aliphatic rings. The fourth-order valence-corrected chi connectivity index (χ4v) is 6.58. The number of allylic oxidation sites excluding steroid dienone is 6. The fraction of sp³-hybridized carbons (Fsp3) is 0.822. The minimum atomic E-state index is -4.62. The van der Waals surface area contributed by atoms with Gasteiger partial charge in [0, 0.05) is 12.8 Å². The molecule has 9 nitrogen and oxygen atoms in total. The van der Waals surface area contributed by atoms with E-state index in [0.717, 1.165) is 70.6 Å². The van der Waals surface area contributed by atoms with Crippen LogP contribution in [0.4, 0.5) is 0 Å². The maximum Gasteiger partial charge on any atom is 0.306 e. The average molecular weight is 798 g/mol. The number of carbonyl (C=O) groups excluding carboxylic acids is 2. The minimum Gasteiger partial charge on any atom is -0.756 e. The van der Waals surface area contributed by atoms with Crippen LogP contribution in [0.5, 0.6) is 0 Å². The van der Waals surface area contributed by atoms with Crippen LogP contribution in [-0.2, 0) is 32.7 Å². The van der Waals surface area contributed by atoms with Crippen molar-refractivity contribution >= 4 is 19.8 Å². The normalized spacial score (nSPS) is 13.9. The van der Waals surface area contributed by atoms with Crippen LogP contribution < -0.4 is 4.89 Å². The number of nitrogens with zero attached hydrogens (tertiary/aromatic N) is 1. The van der Waals surface area contributed by atoms with Crippen molar-refractivity contribution in [2.45, 2.75) is 193 Å². The number of ether oxygens (including phenoxy) is 2. The van der Waals surface area contributed by atoms with Crippen molar-refractivity contribution in [2.24, 2.45) is 0 Å². The van der Waals surface area contributed by atoms with Gasteiger partial charge in [0.1, 0.15) is 19.8 Å². The van der Waals surface area contributed by atoms with Gasteiger partial charge in [0.25, 0.3) is 7.82 Å². The molecule has 0 saturated heterocycles.